The summed E-state index contributed by atoms with van der Waals surface area (Å²) in [6, 6.07) is 0.554. The Balaban J connectivity index is 3.28. The number of rotatable bonds is 11. The molecule has 0 rings (SSSR count). The van der Waals surface area contributed by atoms with Crippen LogP contribution < -0.4 is 11.3 Å². The van der Waals surface area contributed by atoms with E-state index in [2.05, 4.69) is 19.3 Å². The molecule has 0 aliphatic heterocycles. The molecular weight excluding hydrogens is 184 g/mol. The third-order valence-corrected chi connectivity index (χ3v) is 3.05. The van der Waals surface area contributed by atoms with Crippen LogP contribution in [0, 0.1) is 0 Å². The highest BCUT2D eigenvalue weighted by atomic mass is 15.2. The summed E-state index contributed by atoms with van der Waals surface area (Å²) in [5.74, 6) is 5.55. The van der Waals surface area contributed by atoms with Gasteiger partial charge in [0.15, 0.2) is 0 Å². The second-order valence-corrected chi connectivity index (χ2v) is 4.56. The molecule has 0 aromatic rings. The van der Waals surface area contributed by atoms with E-state index in [-0.39, 0.29) is 0 Å². The standard InChI is InChI=1S/C13H30N2/c1-3-5-7-8-10-12-13(15-14)11-9-6-4-2/h13,15H,3-12,14H2,1-2H3. The summed E-state index contributed by atoms with van der Waals surface area (Å²) in [6.45, 7) is 4.50. The van der Waals surface area contributed by atoms with E-state index in [1.807, 2.05) is 0 Å². The third kappa shape index (κ3) is 10.2. The van der Waals surface area contributed by atoms with Crippen molar-refractivity contribution in [3.63, 3.8) is 0 Å². The minimum Gasteiger partial charge on any atom is -0.271 e. The predicted octanol–water partition coefficient (Wildman–Crippen LogP) is 3.76. The molecule has 0 radical (unpaired) electrons. The van der Waals surface area contributed by atoms with Crippen molar-refractivity contribution < 1.29 is 0 Å². The summed E-state index contributed by atoms with van der Waals surface area (Å²) < 4.78 is 0. The Morgan fingerprint density at radius 2 is 1.27 bits per heavy atom. The summed E-state index contributed by atoms with van der Waals surface area (Å²) in [4.78, 5) is 0. The van der Waals surface area contributed by atoms with Crippen LogP contribution in [-0.2, 0) is 0 Å². The Kier molecular flexibility index (Phi) is 11.9. The van der Waals surface area contributed by atoms with Crippen LogP contribution in [0.5, 0.6) is 0 Å². The van der Waals surface area contributed by atoms with Gasteiger partial charge in [-0.05, 0) is 12.8 Å². The van der Waals surface area contributed by atoms with Crippen LogP contribution in [0.15, 0.2) is 0 Å². The molecule has 15 heavy (non-hydrogen) atoms. The average Bonchev–Trinajstić information content (AvgIpc) is 2.26. The topological polar surface area (TPSA) is 38.0 Å². The van der Waals surface area contributed by atoms with Gasteiger partial charge in [-0.1, -0.05) is 65.2 Å². The lowest BCUT2D eigenvalue weighted by atomic mass is 10.0. The van der Waals surface area contributed by atoms with Crippen LogP contribution in [0.2, 0.25) is 0 Å². The lowest BCUT2D eigenvalue weighted by Crippen LogP contribution is -2.34. The Morgan fingerprint density at radius 3 is 1.80 bits per heavy atom. The minimum atomic E-state index is 0.554. The van der Waals surface area contributed by atoms with E-state index < -0.39 is 0 Å². The SMILES string of the molecule is CCCCCCCC(CCCCC)NN. The van der Waals surface area contributed by atoms with Gasteiger partial charge in [0.05, 0.1) is 0 Å². The van der Waals surface area contributed by atoms with Crippen LogP contribution in [0.3, 0.4) is 0 Å². The molecule has 0 aliphatic rings. The highest BCUT2D eigenvalue weighted by molar-refractivity contribution is 4.63. The number of hydrazine groups is 1. The predicted molar refractivity (Wildman–Crippen MR) is 68.6 cm³/mol. The lowest BCUT2D eigenvalue weighted by Gasteiger charge is -2.15. The van der Waals surface area contributed by atoms with E-state index in [0.717, 1.165) is 0 Å². The van der Waals surface area contributed by atoms with Crippen molar-refractivity contribution in [2.75, 3.05) is 0 Å². The summed E-state index contributed by atoms with van der Waals surface area (Å²) in [6.07, 6.45) is 13.3. The second kappa shape index (κ2) is 12.0. The molecule has 0 saturated heterocycles. The van der Waals surface area contributed by atoms with Gasteiger partial charge in [0.25, 0.3) is 0 Å². The largest absolute Gasteiger partial charge is 0.271 e. The quantitative estimate of drug-likeness (QED) is 0.312. The fourth-order valence-corrected chi connectivity index (χ4v) is 1.95. The zero-order chi connectivity index (χ0) is 11.4. The van der Waals surface area contributed by atoms with E-state index >= 15 is 0 Å². The van der Waals surface area contributed by atoms with Crippen molar-refractivity contribution in [3.05, 3.63) is 0 Å². The van der Waals surface area contributed by atoms with E-state index in [1.165, 1.54) is 64.2 Å². The Morgan fingerprint density at radius 1 is 0.800 bits per heavy atom. The highest BCUT2D eigenvalue weighted by Crippen LogP contribution is 2.11. The zero-order valence-corrected chi connectivity index (χ0v) is 10.7. The number of unbranched alkanes of at least 4 members (excludes halogenated alkanes) is 6. The van der Waals surface area contributed by atoms with Crippen LogP contribution in [0.4, 0.5) is 0 Å². The van der Waals surface area contributed by atoms with Gasteiger partial charge < -0.3 is 0 Å². The van der Waals surface area contributed by atoms with Crippen molar-refractivity contribution in [2.24, 2.45) is 5.84 Å². The molecule has 1 atom stereocenters. The monoisotopic (exact) mass is 214 g/mol. The van der Waals surface area contributed by atoms with E-state index in [0.29, 0.717) is 6.04 Å². The van der Waals surface area contributed by atoms with Gasteiger partial charge in [-0.2, -0.15) is 0 Å². The first-order valence-corrected chi connectivity index (χ1v) is 6.81. The number of nitrogens with two attached hydrogens (primary N) is 1. The molecule has 92 valence electrons. The van der Waals surface area contributed by atoms with Gasteiger partial charge in [0.2, 0.25) is 0 Å². The van der Waals surface area contributed by atoms with E-state index in [1.54, 1.807) is 0 Å². The molecule has 1 unspecified atom stereocenters. The molecule has 2 heteroatoms. The molecule has 0 spiro atoms. The maximum Gasteiger partial charge on any atom is 0.0210 e. The van der Waals surface area contributed by atoms with Gasteiger partial charge in [-0.15, -0.1) is 0 Å². The van der Waals surface area contributed by atoms with Crippen molar-refractivity contribution in [1.82, 2.24) is 5.43 Å². The van der Waals surface area contributed by atoms with Gasteiger partial charge in [0, 0.05) is 6.04 Å². The fourth-order valence-electron chi connectivity index (χ4n) is 1.95. The molecule has 0 fully saturated rings. The summed E-state index contributed by atoms with van der Waals surface area (Å²) >= 11 is 0. The second-order valence-electron chi connectivity index (χ2n) is 4.56. The van der Waals surface area contributed by atoms with Gasteiger partial charge in [0.1, 0.15) is 0 Å². The first-order valence-electron chi connectivity index (χ1n) is 6.81. The van der Waals surface area contributed by atoms with Crippen LogP contribution in [0.25, 0.3) is 0 Å². The maximum atomic E-state index is 5.55. The van der Waals surface area contributed by atoms with Gasteiger partial charge >= 0.3 is 0 Å². The number of hydrogen-bond donors (Lipinski definition) is 2. The smallest absolute Gasteiger partial charge is 0.0210 e. The fraction of sp³-hybridized carbons (Fsp3) is 1.00. The Hall–Kier alpha value is -0.0800. The van der Waals surface area contributed by atoms with Crippen molar-refractivity contribution in [3.8, 4) is 0 Å². The van der Waals surface area contributed by atoms with Crippen LogP contribution >= 0.6 is 0 Å². The first kappa shape index (κ1) is 14.9. The third-order valence-electron chi connectivity index (χ3n) is 3.05. The van der Waals surface area contributed by atoms with Crippen molar-refractivity contribution in [2.45, 2.75) is 84.1 Å². The van der Waals surface area contributed by atoms with Gasteiger partial charge in [-0.3, -0.25) is 11.3 Å². The molecule has 0 aromatic heterocycles. The van der Waals surface area contributed by atoms with Crippen molar-refractivity contribution in [1.29, 1.82) is 0 Å². The highest BCUT2D eigenvalue weighted by Gasteiger charge is 2.04. The molecule has 2 nitrogen and oxygen atoms in total. The molecule has 0 bridgehead atoms. The normalized spacial score (nSPS) is 13.0. The number of nitrogens with one attached hydrogen (secondary N) is 1. The minimum absolute atomic E-state index is 0.554. The molecule has 3 N–H and O–H groups in total. The van der Waals surface area contributed by atoms with E-state index in [4.69, 9.17) is 5.84 Å². The lowest BCUT2D eigenvalue weighted by molar-refractivity contribution is 0.423. The molecular formula is C13H30N2. The zero-order valence-electron chi connectivity index (χ0n) is 10.7. The number of hydrogen-bond acceptors (Lipinski definition) is 2. The molecule has 0 aliphatic carbocycles. The Bertz CT molecular complexity index is 115. The van der Waals surface area contributed by atoms with Crippen LogP contribution in [0.1, 0.15) is 78.1 Å². The Labute approximate surface area is 96.0 Å². The molecule has 0 amide bonds. The molecule has 0 aromatic carbocycles. The van der Waals surface area contributed by atoms with Crippen LogP contribution in [-0.4, -0.2) is 6.04 Å². The maximum absolute atomic E-state index is 5.55. The molecule has 0 heterocycles. The van der Waals surface area contributed by atoms with E-state index in [9.17, 15) is 0 Å². The summed E-state index contributed by atoms with van der Waals surface area (Å²) in [5.41, 5.74) is 2.95. The first-order chi connectivity index (χ1) is 7.35. The molecule has 0 saturated carbocycles. The summed E-state index contributed by atoms with van der Waals surface area (Å²) in [7, 11) is 0. The summed E-state index contributed by atoms with van der Waals surface area (Å²) in [5, 5.41) is 0. The van der Waals surface area contributed by atoms with Gasteiger partial charge in [-0.25, -0.2) is 0 Å². The average molecular weight is 214 g/mol. The van der Waals surface area contributed by atoms with Crippen molar-refractivity contribution >= 4 is 0 Å².